The van der Waals surface area contributed by atoms with Crippen molar-refractivity contribution in [1.82, 2.24) is 15.0 Å². The lowest BCUT2D eigenvalue weighted by Gasteiger charge is -2.08. The van der Waals surface area contributed by atoms with Crippen LogP contribution < -0.4 is 0 Å². The molecular weight excluding hydrogens is 315 g/mol. The molecule has 2 rings (SSSR count). The second-order valence-corrected chi connectivity index (χ2v) is 5.04. The van der Waals surface area contributed by atoms with Gasteiger partial charge in [0.25, 0.3) is 0 Å². The fourth-order valence-corrected chi connectivity index (χ4v) is 2.36. The van der Waals surface area contributed by atoms with E-state index in [0.717, 1.165) is 11.8 Å². The van der Waals surface area contributed by atoms with E-state index in [2.05, 4.69) is 15.0 Å². The molecule has 0 fully saturated rings. The van der Waals surface area contributed by atoms with Crippen LogP contribution in [-0.2, 0) is 11.9 Å². The van der Waals surface area contributed by atoms with Gasteiger partial charge in [-0.3, -0.25) is 4.98 Å². The van der Waals surface area contributed by atoms with Crippen LogP contribution in [0.25, 0.3) is 0 Å². The lowest BCUT2D eigenvalue weighted by molar-refractivity contribution is -0.141. The summed E-state index contributed by atoms with van der Waals surface area (Å²) in [6.45, 7) is 0. The van der Waals surface area contributed by atoms with Crippen LogP contribution in [0.3, 0.4) is 0 Å². The number of halogens is 4. The molecule has 2 aromatic rings. The normalized spacial score (nSPS) is 11.6. The van der Waals surface area contributed by atoms with Crippen LogP contribution >= 0.6 is 23.4 Å². The number of nitrogens with zero attached hydrogens (tertiary/aromatic N) is 3. The quantitative estimate of drug-likeness (QED) is 0.876. The molecule has 9 heteroatoms. The van der Waals surface area contributed by atoms with Gasteiger partial charge in [-0.2, -0.15) is 18.2 Å². The minimum atomic E-state index is -4.63. The number of aromatic hydroxyl groups is 1. The smallest absolute Gasteiger partial charge is 0.433 e. The lowest BCUT2D eigenvalue weighted by atomic mass is 10.4. The average molecular weight is 322 g/mol. The molecule has 0 aliphatic rings. The fraction of sp³-hybridized carbons (Fsp3) is 0.182. The van der Waals surface area contributed by atoms with E-state index in [1.54, 1.807) is 6.07 Å². The average Bonchev–Trinajstić information content (AvgIpc) is 2.36. The molecule has 0 aromatic carbocycles. The number of thioether (sulfide) groups is 1. The number of hydrogen-bond donors (Lipinski definition) is 1. The van der Waals surface area contributed by atoms with Crippen LogP contribution in [0.1, 0.15) is 11.5 Å². The van der Waals surface area contributed by atoms with Crippen molar-refractivity contribution in [2.45, 2.75) is 16.8 Å². The van der Waals surface area contributed by atoms with Crippen LogP contribution in [0.15, 0.2) is 29.4 Å². The lowest BCUT2D eigenvalue weighted by Crippen LogP contribution is -2.10. The number of alkyl halides is 3. The summed E-state index contributed by atoms with van der Waals surface area (Å²) >= 11 is 7.02. The van der Waals surface area contributed by atoms with Crippen molar-refractivity contribution in [3.63, 3.8) is 0 Å². The zero-order valence-electron chi connectivity index (χ0n) is 9.73. The van der Waals surface area contributed by atoms with Gasteiger partial charge in [0.05, 0.1) is 10.8 Å². The van der Waals surface area contributed by atoms with Crippen molar-refractivity contribution in [1.29, 1.82) is 0 Å². The molecule has 0 radical (unpaired) electrons. The largest absolute Gasteiger partial charge is 0.493 e. The molecule has 1 N–H and O–H groups in total. The summed E-state index contributed by atoms with van der Waals surface area (Å²) in [7, 11) is 0. The van der Waals surface area contributed by atoms with Crippen LogP contribution in [0.5, 0.6) is 5.88 Å². The standard InChI is InChI=1S/C11H7ClF3N3OS/c12-6-4-16-2-1-7(6)20-5-9-17-8(11(13,14)15)3-10(19)18-9/h1-4H,5H2,(H,17,18,19). The van der Waals surface area contributed by atoms with E-state index in [9.17, 15) is 18.3 Å². The van der Waals surface area contributed by atoms with Gasteiger partial charge in [-0.25, -0.2) is 4.98 Å². The van der Waals surface area contributed by atoms with Gasteiger partial charge in [-0.05, 0) is 6.07 Å². The second kappa shape index (κ2) is 5.84. The monoisotopic (exact) mass is 321 g/mol. The van der Waals surface area contributed by atoms with E-state index in [1.165, 1.54) is 12.4 Å². The molecule has 0 unspecified atom stereocenters. The van der Waals surface area contributed by atoms with Gasteiger partial charge >= 0.3 is 6.18 Å². The third kappa shape index (κ3) is 3.73. The Balaban J connectivity index is 2.18. The Kier molecular flexibility index (Phi) is 4.34. The van der Waals surface area contributed by atoms with Gasteiger partial charge in [-0.1, -0.05) is 11.6 Å². The Morgan fingerprint density at radius 1 is 1.30 bits per heavy atom. The first-order chi connectivity index (χ1) is 9.36. The van der Waals surface area contributed by atoms with Crippen molar-refractivity contribution < 1.29 is 18.3 Å². The van der Waals surface area contributed by atoms with Gasteiger partial charge in [0, 0.05) is 23.4 Å². The molecule has 0 spiro atoms. The molecule has 0 aliphatic carbocycles. The third-order valence-corrected chi connectivity index (χ3v) is 3.62. The molecule has 0 saturated carbocycles. The first-order valence-corrected chi connectivity index (χ1v) is 6.59. The molecule has 2 aromatic heterocycles. The molecule has 4 nitrogen and oxygen atoms in total. The molecule has 2 heterocycles. The molecule has 0 atom stereocenters. The Morgan fingerprint density at radius 3 is 2.70 bits per heavy atom. The summed E-state index contributed by atoms with van der Waals surface area (Å²) in [5, 5.41) is 9.60. The van der Waals surface area contributed by atoms with Crippen molar-refractivity contribution >= 4 is 23.4 Å². The van der Waals surface area contributed by atoms with Crippen LogP contribution in [0.4, 0.5) is 13.2 Å². The van der Waals surface area contributed by atoms with Crippen molar-refractivity contribution in [2.75, 3.05) is 0 Å². The molecule has 106 valence electrons. The van der Waals surface area contributed by atoms with Crippen LogP contribution in [-0.4, -0.2) is 20.1 Å². The summed E-state index contributed by atoms with van der Waals surface area (Å²) in [5.74, 6) is -0.805. The second-order valence-electron chi connectivity index (χ2n) is 3.62. The number of pyridine rings is 1. The van der Waals surface area contributed by atoms with Gasteiger partial charge in [0.2, 0.25) is 5.88 Å². The third-order valence-electron chi connectivity index (χ3n) is 2.14. The SMILES string of the molecule is Oc1cc(C(F)(F)F)nc(CSc2ccncc2Cl)n1. The Bertz CT molecular complexity index is 624. The maximum Gasteiger partial charge on any atom is 0.433 e. The highest BCUT2D eigenvalue weighted by atomic mass is 35.5. The van der Waals surface area contributed by atoms with E-state index in [0.29, 0.717) is 16.0 Å². The number of rotatable bonds is 3. The first-order valence-electron chi connectivity index (χ1n) is 5.22. The van der Waals surface area contributed by atoms with Crippen molar-refractivity contribution in [2.24, 2.45) is 0 Å². The van der Waals surface area contributed by atoms with Crippen molar-refractivity contribution in [3.05, 3.63) is 41.1 Å². The van der Waals surface area contributed by atoms with E-state index < -0.39 is 17.8 Å². The highest BCUT2D eigenvalue weighted by Crippen LogP contribution is 2.31. The Morgan fingerprint density at radius 2 is 2.05 bits per heavy atom. The summed E-state index contributed by atoms with van der Waals surface area (Å²) in [4.78, 5) is 11.4. The summed E-state index contributed by atoms with van der Waals surface area (Å²) in [6, 6.07) is 2.11. The zero-order valence-corrected chi connectivity index (χ0v) is 11.3. The maximum atomic E-state index is 12.5. The summed E-state index contributed by atoms with van der Waals surface area (Å²) in [5.41, 5.74) is -1.18. The predicted molar refractivity (Wildman–Crippen MR) is 67.5 cm³/mol. The molecular formula is C11H7ClF3N3OS. The molecule has 0 bridgehead atoms. The van der Waals surface area contributed by atoms with Crippen LogP contribution in [0, 0.1) is 0 Å². The van der Waals surface area contributed by atoms with E-state index in [4.69, 9.17) is 11.6 Å². The summed E-state index contributed by atoms with van der Waals surface area (Å²) in [6.07, 6.45) is -1.69. The molecule has 0 saturated heterocycles. The van der Waals surface area contributed by atoms with E-state index in [-0.39, 0.29) is 11.6 Å². The number of aromatic nitrogens is 3. The molecule has 0 aliphatic heterocycles. The van der Waals surface area contributed by atoms with E-state index >= 15 is 0 Å². The Labute approximate surface area is 121 Å². The van der Waals surface area contributed by atoms with Gasteiger partial charge < -0.3 is 5.11 Å². The van der Waals surface area contributed by atoms with Crippen LogP contribution in [0.2, 0.25) is 5.02 Å². The first kappa shape index (κ1) is 14.9. The maximum absolute atomic E-state index is 12.5. The minimum Gasteiger partial charge on any atom is -0.493 e. The molecule has 0 amide bonds. The topological polar surface area (TPSA) is 58.9 Å². The minimum absolute atomic E-state index is 0.0429. The molecule has 20 heavy (non-hydrogen) atoms. The van der Waals surface area contributed by atoms with Gasteiger partial charge in [0.15, 0.2) is 5.69 Å². The van der Waals surface area contributed by atoms with Gasteiger partial charge in [-0.15, -0.1) is 11.8 Å². The number of hydrogen-bond acceptors (Lipinski definition) is 5. The fourth-order valence-electron chi connectivity index (χ4n) is 1.31. The Hall–Kier alpha value is -1.54. The zero-order chi connectivity index (χ0) is 14.8. The predicted octanol–water partition coefficient (Wildman–Crippen LogP) is 3.54. The van der Waals surface area contributed by atoms with Crippen molar-refractivity contribution in [3.8, 4) is 5.88 Å². The summed E-state index contributed by atoms with van der Waals surface area (Å²) < 4.78 is 37.6. The highest BCUT2D eigenvalue weighted by molar-refractivity contribution is 7.98. The highest BCUT2D eigenvalue weighted by Gasteiger charge is 2.33. The van der Waals surface area contributed by atoms with E-state index in [1.807, 2.05) is 0 Å². The van der Waals surface area contributed by atoms with Gasteiger partial charge in [0.1, 0.15) is 5.82 Å².